The summed E-state index contributed by atoms with van der Waals surface area (Å²) >= 11 is 0. The number of carbonyl (C=O) groups is 2. The molecule has 11 atom stereocenters. The van der Waals surface area contributed by atoms with Crippen LogP contribution in [-0.4, -0.2) is 100 Å². The molecular weight excluding hydrogens is 480 g/mol. The van der Waals surface area contributed by atoms with E-state index in [1.807, 2.05) is 0 Å². The second-order valence-electron chi connectivity index (χ2n) is 9.09. The van der Waals surface area contributed by atoms with Gasteiger partial charge in [-0.3, -0.25) is 0 Å². The fourth-order valence-electron chi connectivity index (χ4n) is 5.09. The van der Waals surface area contributed by atoms with E-state index in [0.717, 1.165) is 6.26 Å². The molecule has 198 valence electrons. The summed E-state index contributed by atoms with van der Waals surface area (Å²) in [7, 11) is 1.17. The molecule has 1 aromatic rings. The first kappa shape index (κ1) is 26.5. The van der Waals surface area contributed by atoms with E-state index in [-0.39, 0.29) is 11.1 Å². The first-order chi connectivity index (χ1) is 17.2. The topological polar surface area (TPSA) is 181 Å². The number of ether oxygens (including phenoxy) is 5. The Morgan fingerprint density at radius 3 is 2.28 bits per heavy atom. The molecule has 1 saturated carbocycles. The van der Waals surface area contributed by atoms with Crippen LogP contribution in [-0.2, 0) is 28.5 Å². The average Bonchev–Trinajstić information content (AvgIpc) is 3.14. The molecule has 2 heterocycles. The monoisotopic (exact) mass is 510 g/mol. The second-order valence-corrected chi connectivity index (χ2v) is 9.09. The molecule has 0 aromatic heterocycles. The van der Waals surface area contributed by atoms with Gasteiger partial charge in [0.05, 0.1) is 37.2 Å². The maximum Gasteiger partial charge on any atom is 0.338 e. The minimum absolute atomic E-state index is 0.00811. The number of rotatable bonds is 6. The SMILES string of the molecule is COC(=O)C1=CO[C@@H](O[C@@H]2O[C@H](CO)[C@@H](O)[C@H](O)[C@H]2O)[C@@H]2[C@@H](C)[C@@H](OC(=O)c3ccccc3)[C@@H](O)[C@H]12. The highest BCUT2D eigenvalue weighted by Gasteiger charge is 2.59. The first-order valence-corrected chi connectivity index (χ1v) is 11.5. The third kappa shape index (κ3) is 4.73. The summed E-state index contributed by atoms with van der Waals surface area (Å²) in [6.07, 6.45) is -10.2. The number of methoxy groups -OCH3 is 1. The van der Waals surface area contributed by atoms with E-state index in [4.69, 9.17) is 23.7 Å². The highest BCUT2D eigenvalue weighted by Crippen LogP contribution is 2.49. The molecule has 12 nitrogen and oxygen atoms in total. The predicted octanol–water partition coefficient (Wildman–Crippen LogP) is -1.32. The highest BCUT2D eigenvalue weighted by molar-refractivity contribution is 5.90. The van der Waals surface area contributed by atoms with Crippen molar-refractivity contribution in [1.82, 2.24) is 0 Å². The van der Waals surface area contributed by atoms with Gasteiger partial charge in [-0.15, -0.1) is 0 Å². The van der Waals surface area contributed by atoms with Crippen LogP contribution in [0.5, 0.6) is 0 Å². The maximum absolute atomic E-state index is 12.7. The second kappa shape index (κ2) is 10.8. The molecule has 1 aromatic carbocycles. The molecule has 2 aliphatic heterocycles. The molecule has 0 bridgehead atoms. The molecular formula is C24H30O12. The van der Waals surface area contributed by atoms with Crippen molar-refractivity contribution in [2.75, 3.05) is 13.7 Å². The third-order valence-electron chi connectivity index (χ3n) is 7.04. The van der Waals surface area contributed by atoms with E-state index in [9.17, 15) is 35.1 Å². The lowest BCUT2D eigenvalue weighted by Crippen LogP contribution is -2.60. The van der Waals surface area contributed by atoms with Crippen LogP contribution in [0.3, 0.4) is 0 Å². The molecule has 4 rings (SSSR count). The number of benzene rings is 1. The lowest BCUT2D eigenvalue weighted by atomic mass is 9.82. The zero-order valence-corrected chi connectivity index (χ0v) is 19.6. The lowest BCUT2D eigenvalue weighted by Gasteiger charge is -2.43. The molecule has 12 heteroatoms. The molecule has 0 radical (unpaired) electrons. The number of hydrogen-bond donors (Lipinski definition) is 5. The molecule has 0 unspecified atom stereocenters. The number of fused-ring (bicyclic) bond motifs is 1. The summed E-state index contributed by atoms with van der Waals surface area (Å²) in [4.78, 5) is 25.2. The Bertz CT molecular complexity index is 965. The van der Waals surface area contributed by atoms with Crippen molar-refractivity contribution in [3.8, 4) is 0 Å². The molecule has 0 spiro atoms. The van der Waals surface area contributed by atoms with E-state index in [0.29, 0.717) is 0 Å². The van der Waals surface area contributed by atoms with Crippen molar-refractivity contribution in [3.05, 3.63) is 47.7 Å². The lowest BCUT2D eigenvalue weighted by molar-refractivity contribution is -0.343. The van der Waals surface area contributed by atoms with Gasteiger partial charge in [0.15, 0.2) is 6.29 Å². The van der Waals surface area contributed by atoms with Crippen molar-refractivity contribution in [1.29, 1.82) is 0 Å². The molecule has 2 fully saturated rings. The van der Waals surface area contributed by atoms with Gasteiger partial charge in [0, 0.05) is 17.8 Å². The highest BCUT2D eigenvalue weighted by atomic mass is 16.8. The van der Waals surface area contributed by atoms with Crippen molar-refractivity contribution < 1.29 is 58.8 Å². The van der Waals surface area contributed by atoms with E-state index in [2.05, 4.69) is 0 Å². The average molecular weight is 510 g/mol. The normalized spacial score (nSPS) is 40.0. The zero-order valence-electron chi connectivity index (χ0n) is 19.6. The van der Waals surface area contributed by atoms with Gasteiger partial charge in [-0.1, -0.05) is 25.1 Å². The van der Waals surface area contributed by atoms with E-state index < -0.39 is 85.5 Å². The van der Waals surface area contributed by atoms with Gasteiger partial charge in [0.25, 0.3) is 0 Å². The van der Waals surface area contributed by atoms with Crippen LogP contribution >= 0.6 is 0 Å². The summed E-state index contributed by atoms with van der Waals surface area (Å²) < 4.78 is 27.3. The van der Waals surface area contributed by atoms with Gasteiger partial charge in [-0.2, -0.15) is 0 Å². The van der Waals surface area contributed by atoms with Crippen molar-refractivity contribution in [2.24, 2.45) is 17.8 Å². The largest absolute Gasteiger partial charge is 0.472 e. The van der Waals surface area contributed by atoms with Crippen molar-refractivity contribution in [3.63, 3.8) is 0 Å². The van der Waals surface area contributed by atoms with Gasteiger partial charge in [0.2, 0.25) is 6.29 Å². The number of esters is 2. The molecule has 3 aliphatic rings. The first-order valence-electron chi connectivity index (χ1n) is 11.5. The Balaban J connectivity index is 1.60. The summed E-state index contributed by atoms with van der Waals surface area (Å²) in [5.74, 6) is -3.73. The van der Waals surface area contributed by atoms with Crippen LogP contribution in [0.1, 0.15) is 17.3 Å². The van der Waals surface area contributed by atoms with Gasteiger partial charge >= 0.3 is 11.9 Å². The Hall–Kier alpha value is -2.58. The smallest absolute Gasteiger partial charge is 0.338 e. The number of aliphatic hydroxyl groups is 5. The van der Waals surface area contributed by atoms with E-state index >= 15 is 0 Å². The fourth-order valence-corrected chi connectivity index (χ4v) is 5.09. The third-order valence-corrected chi connectivity index (χ3v) is 7.04. The number of hydrogen-bond acceptors (Lipinski definition) is 12. The van der Waals surface area contributed by atoms with Gasteiger partial charge in [-0.05, 0) is 12.1 Å². The zero-order chi connectivity index (χ0) is 26.1. The Kier molecular flexibility index (Phi) is 7.95. The van der Waals surface area contributed by atoms with Crippen molar-refractivity contribution in [2.45, 2.75) is 56.1 Å². The molecule has 1 aliphatic carbocycles. The Labute approximate surface area is 206 Å². The van der Waals surface area contributed by atoms with Crippen LogP contribution in [0, 0.1) is 17.8 Å². The van der Waals surface area contributed by atoms with Gasteiger partial charge < -0.3 is 49.2 Å². The molecule has 0 amide bonds. The summed E-state index contributed by atoms with van der Waals surface area (Å²) in [6.45, 7) is 1.03. The number of aliphatic hydroxyl groups excluding tert-OH is 5. The predicted molar refractivity (Wildman–Crippen MR) is 118 cm³/mol. The number of carbonyl (C=O) groups excluding carboxylic acids is 2. The standard InChI is InChI=1S/C24H30O12/c1-10-14-15(17(27)20(10)35-21(30)11-6-4-3-5-7-11)12(22(31)32-2)9-33-23(14)36-24-19(29)18(28)16(26)13(8-25)34-24/h3-7,9-10,13-20,23-29H,8H2,1-2H3/t10-,13-,14-,15-,16-,17+,18+,19-,20-,23+,24+/m1/s1. The minimum Gasteiger partial charge on any atom is -0.472 e. The van der Waals surface area contributed by atoms with Crippen LogP contribution in [0.4, 0.5) is 0 Å². The molecule has 5 N–H and O–H groups in total. The quantitative estimate of drug-likeness (QED) is 0.285. The van der Waals surface area contributed by atoms with Crippen LogP contribution < -0.4 is 0 Å². The summed E-state index contributed by atoms with van der Waals surface area (Å²) in [5.41, 5.74) is 0.287. The maximum atomic E-state index is 12.7. The molecule has 36 heavy (non-hydrogen) atoms. The fraction of sp³-hybridized carbons (Fsp3) is 0.583. The van der Waals surface area contributed by atoms with Gasteiger partial charge in [0.1, 0.15) is 30.5 Å². The minimum atomic E-state index is -1.69. The van der Waals surface area contributed by atoms with Crippen LogP contribution in [0.25, 0.3) is 0 Å². The van der Waals surface area contributed by atoms with E-state index in [1.165, 1.54) is 7.11 Å². The summed E-state index contributed by atoms with van der Waals surface area (Å²) in [5, 5.41) is 51.1. The van der Waals surface area contributed by atoms with Crippen LogP contribution in [0.2, 0.25) is 0 Å². The summed E-state index contributed by atoms with van der Waals surface area (Å²) in [6, 6.07) is 8.21. The van der Waals surface area contributed by atoms with Crippen molar-refractivity contribution >= 4 is 11.9 Å². The molecule has 1 saturated heterocycles. The van der Waals surface area contributed by atoms with Crippen LogP contribution in [0.15, 0.2) is 42.2 Å². The Morgan fingerprint density at radius 2 is 1.64 bits per heavy atom. The van der Waals surface area contributed by atoms with E-state index in [1.54, 1.807) is 37.3 Å². The van der Waals surface area contributed by atoms with Gasteiger partial charge in [-0.25, -0.2) is 9.59 Å². The Morgan fingerprint density at radius 1 is 0.944 bits per heavy atom.